The Bertz CT molecular complexity index is 409. The van der Waals surface area contributed by atoms with Gasteiger partial charge in [-0.1, -0.05) is 15.9 Å². The number of nitrogens with zero attached hydrogens (tertiary/aromatic N) is 2. The van der Waals surface area contributed by atoms with Crippen LogP contribution in [0.5, 0.6) is 0 Å². The van der Waals surface area contributed by atoms with Gasteiger partial charge in [0.1, 0.15) is 11.6 Å². The molecule has 1 rings (SSSR count). The first-order chi connectivity index (χ1) is 6.06. The molecule has 0 amide bonds. The number of halogens is 1. The Hall–Kier alpha value is -1.41. The topological polar surface area (TPSA) is 66.9 Å². The normalized spacial score (nSPS) is 9.31. The molecule has 0 saturated carbocycles. The molecule has 5 heteroatoms. The number of hydrogen-bond donors (Lipinski definition) is 0. The van der Waals surface area contributed by atoms with E-state index >= 15 is 0 Å². The molecule has 0 aliphatic heterocycles. The number of nitro groups is 1. The summed E-state index contributed by atoms with van der Waals surface area (Å²) in [6.45, 7) is 1.60. The van der Waals surface area contributed by atoms with Crippen LogP contribution in [0.2, 0.25) is 0 Å². The minimum absolute atomic E-state index is 0.0804. The van der Waals surface area contributed by atoms with E-state index in [1.807, 2.05) is 0 Å². The predicted octanol–water partition coefficient (Wildman–Crippen LogP) is 2.54. The van der Waals surface area contributed by atoms with Gasteiger partial charge in [0.25, 0.3) is 5.69 Å². The molecule has 66 valence electrons. The second-order valence-electron chi connectivity index (χ2n) is 2.49. The molecule has 0 saturated heterocycles. The summed E-state index contributed by atoms with van der Waals surface area (Å²) >= 11 is 3.16. The van der Waals surface area contributed by atoms with E-state index < -0.39 is 4.92 Å². The zero-order valence-corrected chi connectivity index (χ0v) is 8.33. The van der Waals surface area contributed by atoms with Crippen LogP contribution < -0.4 is 0 Å². The van der Waals surface area contributed by atoms with Crippen molar-refractivity contribution in [1.29, 1.82) is 5.26 Å². The van der Waals surface area contributed by atoms with Crippen molar-refractivity contribution in [3.05, 3.63) is 37.8 Å². The maximum atomic E-state index is 10.6. The van der Waals surface area contributed by atoms with Gasteiger partial charge in [0, 0.05) is 10.0 Å². The Balaban J connectivity index is 3.50. The van der Waals surface area contributed by atoms with E-state index in [9.17, 15) is 10.1 Å². The van der Waals surface area contributed by atoms with E-state index in [2.05, 4.69) is 15.9 Å². The van der Waals surface area contributed by atoms with Gasteiger partial charge in [0.2, 0.25) is 0 Å². The van der Waals surface area contributed by atoms with Crippen molar-refractivity contribution in [3.8, 4) is 6.07 Å². The van der Waals surface area contributed by atoms with Crippen molar-refractivity contribution in [3.63, 3.8) is 0 Å². The monoisotopic (exact) mass is 240 g/mol. The largest absolute Gasteiger partial charge is 0.290 e. The molecule has 0 atom stereocenters. The number of hydrogen-bond acceptors (Lipinski definition) is 3. The summed E-state index contributed by atoms with van der Waals surface area (Å²) in [4.78, 5) is 10.0. The smallest absolute Gasteiger partial charge is 0.258 e. The first-order valence-electron chi connectivity index (χ1n) is 3.41. The third-order valence-corrected chi connectivity index (χ3v) is 2.03. The molecule has 0 heterocycles. The highest BCUT2D eigenvalue weighted by molar-refractivity contribution is 9.10. The molecule has 0 aliphatic rings. The van der Waals surface area contributed by atoms with E-state index in [1.165, 1.54) is 6.07 Å². The van der Waals surface area contributed by atoms with Gasteiger partial charge in [-0.05, 0) is 19.1 Å². The number of nitriles is 1. The molecule has 1 aromatic carbocycles. The maximum Gasteiger partial charge on any atom is 0.290 e. The van der Waals surface area contributed by atoms with Crippen LogP contribution in [0.15, 0.2) is 16.6 Å². The van der Waals surface area contributed by atoms with Crippen LogP contribution in [-0.4, -0.2) is 4.92 Å². The summed E-state index contributed by atoms with van der Waals surface area (Å²) in [5.74, 6) is 0. The molecule has 1 aromatic rings. The van der Waals surface area contributed by atoms with Crippen LogP contribution in [0.25, 0.3) is 0 Å². The zero-order valence-electron chi connectivity index (χ0n) is 6.74. The van der Waals surface area contributed by atoms with Gasteiger partial charge in [-0.2, -0.15) is 5.26 Å². The van der Waals surface area contributed by atoms with Crippen LogP contribution in [-0.2, 0) is 0 Å². The van der Waals surface area contributed by atoms with Crippen molar-refractivity contribution in [1.82, 2.24) is 0 Å². The van der Waals surface area contributed by atoms with Gasteiger partial charge < -0.3 is 0 Å². The second-order valence-corrected chi connectivity index (χ2v) is 3.40. The highest BCUT2D eigenvalue weighted by Crippen LogP contribution is 2.26. The fourth-order valence-corrected chi connectivity index (χ4v) is 1.64. The third-order valence-electron chi connectivity index (χ3n) is 1.57. The molecule has 0 N–H and O–H groups in total. The highest BCUT2D eigenvalue weighted by atomic mass is 79.9. The molecule has 4 nitrogen and oxygen atoms in total. The molecular formula is C8H5BrN2O2. The molecule has 0 unspecified atom stereocenters. The molecule has 0 radical (unpaired) electrons. The third kappa shape index (κ3) is 1.84. The van der Waals surface area contributed by atoms with Crippen molar-refractivity contribution in [2.45, 2.75) is 6.92 Å². The maximum absolute atomic E-state index is 10.6. The zero-order chi connectivity index (χ0) is 10.0. The lowest BCUT2D eigenvalue weighted by molar-refractivity contribution is -0.385. The summed E-state index contributed by atoms with van der Waals surface area (Å²) in [5, 5.41) is 19.2. The Kier molecular flexibility index (Phi) is 2.63. The van der Waals surface area contributed by atoms with Crippen LogP contribution >= 0.6 is 15.9 Å². The molecule has 13 heavy (non-hydrogen) atoms. The minimum atomic E-state index is -0.541. The average molecular weight is 241 g/mol. The SMILES string of the molecule is Cc1cc(Br)cc(C#N)c1[N+](=O)[O-]. The fourth-order valence-electron chi connectivity index (χ4n) is 1.06. The number of benzene rings is 1. The van der Waals surface area contributed by atoms with E-state index in [4.69, 9.17) is 5.26 Å². The molecule has 0 aromatic heterocycles. The van der Waals surface area contributed by atoms with E-state index in [1.54, 1.807) is 19.1 Å². The summed E-state index contributed by atoms with van der Waals surface area (Å²) < 4.78 is 0.673. The van der Waals surface area contributed by atoms with Crippen molar-refractivity contribution in [2.24, 2.45) is 0 Å². The summed E-state index contributed by atoms with van der Waals surface area (Å²) in [6.07, 6.45) is 0. The van der Waals surface area contributed by atoms with Gasteiger partial charge >= 0.3 is 0 Å². The highest BCUT2D eigenvalue weighted by Gasteiger charge is 2.17. The van der Waals surface area contributed by atoms with E-state index in [0.717, 1.165) is 0 Å². The summed E-state index contributed by atoms with van der Waals surface area (Å²) in [6, 6.07) is 4.83. The van der Waals surface area contributed by atoms with Crippen LogP contribution in [0.3, 0.4) is 0 Å². The van der Waals surface area contributed by atoms with Gasteiger partial charge in [-0.25, -0.2) is 0 Å². The van der Waals surface area contributed by atoms with Crippen molar-refractivity contribution in [2.75, 3.05) is 0 Å². The predicted molar refractivity (Wildman–Crippen MR) is 50.2 cm³/mol. The van der Waals surface area contributed by atoms with Gasteiger partial charge in [-0.15, -0.1) is 0 Å². The first kappa shape index (κ1) is 9.68. The van der Waals surface area contributed by atoms with Gasteiger partial charge in [-0.3, -0.25) is 10.1 Å². The molecule has 0 spiro atoms. The number of rotatable bonds is 1. The minimum Gasteiger partial charge on any atom is -0.258 e. The summed E-state index contributed by atoms with van der Waals surface area (Å²) in [7, 11) is 0. The van der Waals surface area contributed by atoms with E-state index in [0.29, 0.717) is 10.0 Å². The first-order valence-corrected chi connectivity index (χ1v) is 4.20. The summed E-state index contributed by atoms with van der Waals surface area (Å²) in [5.41, 5.74) is 0.443. The lowest BCUT2D eigenvalue weighted by Crippen LogP contribution is -1.95. The Labute approximate surface area is 83.1 Å². The number of nitro benzene ring substituents is 1. The Morgan fingerprint density at radius 3 is 2.69 bits per heavy atom. The van der Waals surface area contributed by atoms with Crippen molar-refractivity contribution >= 4 is 21.6 Å². The van der Waals surface area contributed by atoms with E-state index in [-0.39, 0.29) is 11.3 Å². The molecule has 0 aliphatic carbocycles. The van der Waals surface area contributed by atoms with Gasteiger partial charge in [0.15, 0.2) is 0 Å². The fraction of sp³-hybridized carbons (Fsp3) is 0.125. The second kappa shape index (κ2) is 3.54. The molecule has 0 fully saturated rings. The molecule has 0 bridgehead atoms. The van der Waals surface area contributed by atoms with Gasteiger partial charge in [0.05, 0.1) is 4.92 Å². The van der Waals surface area contributed by atoms with Crippen LogP contribution in [0, 0.1) is 28.4 Å². The van der Waals surface area contributed by atoms with Crippen molar-refractivity contribution < 1.29 is 4.92 Å². The van der Waals surface area contributed by atoms with Crippen LogP contribution in [0.1, 0.15) is 11.1 Å². The van der Waals surface area contributed by atoms with Crippen LogP contribution in [0.4, 0.5) is 5.69 Å². The quantitative estimate of drug-likeness (QED) is 0.560. The number of aryl methyl sites for hydroxylation is 1. The average Bonchev–Trinajstić information content (AvgIpc) is 2.01. The Morgan fingerprint density at radius 2 is 2.23 bits per heavy atom. The molecular weight excluding hydrogens is 236 g/mol. The standard InChI is InChI=1S/C8H5BrN2O2/c1-5-2-7(9)3-6(4-10)8(5)11(12)13/h2-3H,1H3. The lowest BCUT2D eigenvalue weighted by Gasteiger charge is -1.99. The lowest BCUT2D eigenvalue weighted by atomic mass is 10.1. The Morgan fingerprint density at radius 1 is 1.62 bits per heavy atom.